The molecule has 0 radical (unpaired) electrons. The molecule has 2 N–H and O–H groups in total. The molecule has 0 aliphatic heterocycles. The average molecular weight is 176 g/mol. The van der Waals surface area contributed by atoms with Gasteiger partial charge in [0.1, 0.15) is 0 Å². The van der Waals surface area contributed by atoms with Crippen molar-refractivity contribution in [1.82, 2.24) is 10.9 Å². The zero-order valence-corrected chi connectivity index (χ0v) is 8.36. The fraction of sp³-hybridized carbons (Fsp3) is 1.00. The van der Waals surface area contributed by atoms with E-state index in [1.165, 1.54) is 0 Å². The fourth-order valence-corrected chi connectivity index (χ4v) is 1.49. The maximum Gasteiger partial charge on any atom is 0.0373 e. The Morgan fingerprint density at radius 3 is 1.75 bits per heavy atom. The minimum atomic E-state index is 0.115. The van der Waals surface area contributed by atoms with Crippen molar-refractivity contribution >= 4 is 0 Å². The van der Waals surface area contributed by atoms with Crippen LogP contribution in [0.25, 0.3) is 0 Å². The second kappa shape index (κ2) is 7.50. The monoisotopic (exact) mass is 176 g/mol. The molecule has 12 heavy (non-hydrogen) atoms. The van der Waals surface area contributed by atoms with Gasteiger partial charge in [-0.3, -0.25) is 0 Å². The molecule has 74 valence electrons. The maximum absolute atomic E-state index is 11.8. The van der Waals surface area contributed by atoms with Crippen molar-refractivity contribution in [2.45, 2.75) is 51.6 Å². The SMILES string of the molecule is CC.CNC1CCC(NF)CC1. The number of hydrogen-bond acceptors (Lipinski definition) is 2. The minimum absolute atomic E-state index is 0.115. The standard InChI is InChI=1S/C7H15FN2.C2H6/c1-9-6-2-4-7(10-8)5-3-6;1-2/h6-7,9-10H,2-5H2,1H3;1-2H3. The molecular weight excluding hydrogens is 155 g/mol. The zero-order valence-electron chi connectivity index (χ0n) is 8.36. The first-order valence-electron chi connectivity index (χ1n) is 4.90. The first-order valence-corrected chi connectivity index (χ1v) is 4.90. The van der Waals surface area contributed by atoms with Gasteiger partial charge in [0.05, 0.1) is 0 Å². The van der Waals surface area contributed by atoms with E-state index >= 15 is 0 Å². The molecule has 1 fully saturated rings. The second-order valence-electron chi connectivity index (χ2n) is 2.95. The molecule has 0 amide bonds. The number of rotatable bonds is 2. The van der Waals surface area contributed by atoms with E-state index < -0.39 is 0 Å². The van der Waals surface area contributed by atoms with Gasteiger partial charge in [0, 0.05) is 12.1 Å². The van der Waals surface area contributed by atoms with Gasteiger partial charge >= 0.3 is 0 Å². The lowest BCUT2D eigenvalue weighted by molar-refractivity contribution is 0.210. The predicted octanol–water partition coefficient (Wildman–Crippen LogP) is 2.02. The van der Waals surface area contributed by atoms with Gasteiger partial charge in [-0.2, -0.15) is 5.54 Å². The van der Waals surface area contributed by atoms with Crippen LogP contribution in [-0.4, -0.2) is 19.1 Å². The van der Waals surface area contributed by atoms with E-state index in [2.05, 4.69) is 5.32 Å². The van der Waals surface area contributed by atoms with E-state index in [-0.39, 0.29) is 6.04 Å². The van der Waals surface area contributed by atoms with Crippen LogP contribution in [0.15, 0.2) is 0 Å². The van der Waals surface area contributed by atoms with Gasteiger partial charge in [0.2, 0.25) is 0 Å². The summed E-state index contributed by atoms with van der Waals surface area (Å²) in [6.45, 7) is 4.00. The lowest BCUT2D eigenvalue weighted by atomic mass is 9.92. The van der Waals surface area contributed by atoms with E-state index in [4.69, 9.17) is 0 Å². The summed E-state index contributed by atoms with van der Waals surface area (Å²) >= 11 is 0. The van der Waals surface area contributed by atoms with Crippen molar-refractivity contribution in [2.24, 2.45) is 0 Å². The molecule has 0 aromatic carbocycles. The predicted molar refractivity (Wildman–Crippen MR) is 50.7 cm³/mol. The normalized spacial score (nSPS) is 29.0. The number of nitrogens with one attached hydrogen (secondary N) is 2. The zero-order chi connectivity index (χ0) is 9.40. The summed E-state index contributed by atoms with van der Waals surface area (Å²) in [5.41, 5.74) is 1.82. The topological polar surface area (TPSA) is 24.1 Å². The third kappa shape index (κ3) is 4.02. The largest absolute Gasteiger partial charge is 0.317 e. The van der Waals surface area contributed by atoms with Crippen molar-refractivity contribution in [3.05, 3.63) is 0 Å². The Morgan fingerprint density at radius 1 is 1.00 bits per heavy atom. The molecule has 1 aliphatic carbocycles. The molecule has 0 saturated heterocycles. The smallest absolute Gasteiger partial charge is 0.0373 e. The van der Waals surface area contributed by atoms with Gasteiger partial charge in [-0.15, -0.1) is 4.48 Å². The molecule has 1 aliphatic rings. The Morgan fingerprint density at radius 2 is 1.42 bits per heavy atom. The Kier molecular flexibility index (Phi) is 7.40. The summed E-state index contributed by atoms with van der Waals surface area (Å²) in [6.07, 6.45) is 4.11. The Hall–Kier alpha value is -0.150. The van der Waals surface area contributed by atoms with E-state index in [1.54, 1.807) is 0 Å². The lowest BCUT2D eigenvalue weighted by Gasteiger charge is -2.26. The molecule has 0 bridgehead atoms. The first kappa shape index (κ1) is 11.8. The molecular formula is C9H21FN2. The summed E-state index contributed by atoms with van der Waals surface area (Å²) in [5, 5.41) is 3.20. The molecule has 3 heteroatoms. The number of hydrogen-bond donors (Lipinski definition) is 2. The summed E-state index contributed by atoms with van der Waals surface area (Å²) in [4.78, 5) is 0. The summed E-state index contributed by atoms with van der Waals surface area (Å²) in [5.74, 6) is 0. The highest BCUT2D eigenvalue weighted by atomic mass is 19.2. The van der Waals surface area contributed by atoms with Crippen molar-refractivity contribution in [2.75, 3.05) is 7.05 Å². The van der Waals surface area contributed by atoms with Gasteiger partial charge in [0.15, 0.2) is 0 Å². The van der Waals surface area contributed by atoms with Crippen LogP contribution in [0.2, 0.25) is 0 Å². The molecule has 0 aromatic heterocycles. The average Bonchev–Trinajstić information content (AvgIpc) is 2.21. The molecule has 2 nitrogen and oxygen atoms in total. The van der Waals surface area contributed by atoms with Gasteiger partial charge in [0.25, 0.3) is 0 Å². The summed E-state index contributed by atoms with van der Waals surface area (Å²) < 4.78 is 11.8. The molecule has 1 saturated carbocycles. The quantitative estimate of drug-likeness (QED) is 0.629. The van der Waals surface area contributed by atoms with E-state index in [0.29, 0.717) is 6.04 Å². The second-order valence-corrected chi connectivity index (χ2v) is 2.95. The van der Waals surface area contributed by atoms with Gasteiger partial charge in [-0.1, -0.05) is 13.8 Å². The summed E-state index contributed by atoms with van der Waals surface area (Å²) in [7, 11) is 1.97. The lowest BCUT2D eigenvalue weighted by Crippen LogP contribution is -2.35. The van der Waals surface area contributed by atoms with Gasteiger partial charge in [-0.25, -0.2) is 0 Å². The molecule has 0 spiro atoms. The molecule has 1 rings (SSSR count). The Bertz CT molecular complexity index is 78.5. The highest BCUT2D eigenvalue weighted by molar-refractivity contribution is 4.77. The van der Waals surface area contributed by atoms with E-state index in [9.17, 15) is 4.48 Å². The highest BCUT2D eigenvalue weighted by Crippen LogP contribution is 2.17. The van der Waals surface area contributed by atoms with Crippen molar-refractivity contribution < 1.29 is 4.48 Å². The van der Waals surface area contributed by atoms with Crippen LogP contribution in [-0.2, 0) is 0 Å². The highest BCUT2D eigenvalue weighted by Gasteiger charge is 2.18. The Balaban J connectivity index is 0.000000561. The van der Waals surface area contributed by atoms with E-state index in [1.807, 2.05) is 26.4 Å². The molecule has 0 heterocycles. The van der Waals surface area contributed by atoms with Crippen molar-refractivity contribution in [1.29, 1.82) is 0 Å². The van der Waals surface area contributed by atoms with Crippen LogP contribution >= 0.6 is 0 Å². The minimum Gasteiger partial charge on any atom is -0.317 e. The molecule has 0 atom stereocenters. The third-order valence-electron chi connectivity index (χ3n) is 2.29. The van der Waals surface area contributed by atoms with Gasteiger partial charge in [-0.05, 0) is 32.7 Å². The first-order chi connectivity index (χ1) is 5.86. The molecule has 0 aromatic rings. The third-order valence-corrected chi connectivity index (χ3v) is 2.29. The Labute approximate surface area is 74.9 Å². The van der Waals surface area contributed by atoms with Crippen molar-refractivity contribution in [3.8, 4) is 0 Å². The summed E-state index contributed by atoms with van der Waals surface area (Å²) in [6, 6.07) is 0.731. The molecule has 0 unspecified atom stereocenters. The van der Waals surface area contributed by atoms with E-state index in [0.717, 1.165) is 25.7 Å². The fourth-order valence-electron chi connectivity index (χ4n) is 1.49. The van der Waals surface area contributed by atoms with Crippen LogP contribution in [0.4, 0.5) is 4.48 Å². The van der Waals surface area contributed by atoms with Crippen LogP contribution < -0.4 is 10.9 Å². The van der Waals surface area contributed by atoms with Crippen LogP contribution in [0.1, 0.15) is 39.5 Å². The number of halogens is 1. The van der Waals surface area contributed by atoms with Crippen LogP contribution in [0.5, 0.6) is 0 Å². The van der Waals surface area contributed by atoms with Crippen molar-refractivity contribution in [3.63, 3.8) is 0 Å². The van der Waals surface area contributed by atoms with Crippen LogP contribution in [0, 0.1) is 0 Å². The van der Waals surface area contributed by atoms with Crippen LogP contribution in [0.3, 0.4) is 0 Å². The maximum atomic E-state index is 11.8. The van der Waals surface area contributed by atoms with Gasteiger partial charge < -0.3 is 5.32 Å².